The number of carbonyl (C=O) groups is 1. The number of hydrogen-bond acceptors (Lipinski definition) is 4. The number of nitrogens with zero attached hydrogens (tertiary/aromatic N) is 1. The van der Waals surface area contributed by atoms with Gasteiger partial charge in [-0.2, -0.15) is 0 Å². The number of likely N-dealkylation sites (tertiary alicyclic amines) is 1. The van der Waals surface area contributed by atoms with Crippen molar-refractivity contribution in [2.45, 2.75) is 45.8 Å². The van der Waals surface area contributed by atoms with Crippen LogP contribution in [0, 0.1) is 5.92 Å². The molecule has 0 spiro atoms. The topological polar surface area (TPSA) is 49.8 Å². The molecule has 0 saturated carbocycles. The van der Waals surface area contributed by atoms with Crippen LogP contribution < -0.4 is 0 Å². The van der Waals surface area contributed by atoms with Crippen molar-refractivity contribution in [2.24, 2.45) is 5.92 Å². The molecule has 1 aliphatic rings. The number of carbonyl (C=O) groups excluding carboxylic acids is 1. The van der Waals surface area contributed by atoms with Gasteiger partial charge in [0.2, 0.25) is 0 Å². The SMILES string of the molecule is CC(=O)CCOCC1CC(O)CN(C(C)C)C1. The predicted molar refractivity (Wildman–Crippen MR) is 66.9 cm³/mol. The van der Waals surface area contributed by atoms with E-state index >= 15 is 0 Å². The molecule has 0 aromatic carbocycles. The van der Waals surface area contributed by atoms with Crippen LogP contribution in [0.15, 0.2) is 0 Å². The monoisotopic (exact) mass is 243 g/mol. The maximum absolute atomic E-state index is 10.8. The summed E-state index contributed by atoms with van der Waals surface area (Å²) in [5.74, 6) is 0.547. The second-order valence-corrected chi connectivity index (χ2v) is 5.33. The summed E-state index contributed by atoms with van der Waals surface area (Å²) in [6.45, 7) is 8.76. The maximum atomic E-state index is 10.8. The Bertz CT molecular complexity index is 243. The lowest BCUT2D eigenvalue weighted by Gasteiger charge is -2.37. The molecule has 0 aromatic heterocycles. The van der Waals surface area contributed by atoms with Crippen LogP contribution in [0.2, 0.25) is 0 Å². The highest BCUT2D eigenvalue weighted by Crippen LogP contribution is 2.19. The van der Waals surface area contributed by atoms with Crippen LogP contribution in [0.1, 0.15) is 33.6 Å². The van der Waals surface area contributed by atoms with E-state index in [1.165, 1.54) is 0 Å². The average Bonchev–Trinajstić information content (AvgIpc) is 2.23. The molecule has 2 atom stereocenters. The molecule has 100 valence electrons. The first kappa shape index (κ1) is 14.6. The fourth-order valence-electron chi connectivity index (χ4n) is 2.22. The van der Waals surface area contributed by atoms with E-state index in [9.17, 15) is 9.90 Å². The summed E-state index contributed by atoms with van der Waals surface area (Å²) < 4.78 is 5.50. The molecular formula is C13H25NO3. The van der Waals surface area contributed by atoms with Crippen LogP contribution in [0.5, 0.6) is 0 Å². The predicted octanol–water partition coefficient (Wildman–Crippen LogP) is 1.07. The Morgan fingerprint density at radius 2 is 2.18 bits per heavy atom. The summed E-state index contributed by atoms with van der Waals surface area (Å²) in [5, 5.41) is 9.79. The molecule has 2 unspecified atom stereocenters. The second-order valence-electron chi connectivity index (χ2n) is 5.33. The summed E-state index contributed by atoms with van der Waals surface area (Å²) in [5.41, 5.74) is 0. The van der Waals surface area contributed by atoms with Gasteiger partial charge in [-0.15, -0.1) is 0 Å². The summed E-state index contributed by atoms with van der Waals surface area (Å²) in [7, 11) is 0. The molecule has 1 heterocycles. The van der Waals surface area contributed by atoms with Crippen molar-refractivity contribution in [3.8, 4) is 0 Å². The zero-order valence-electron chi connectivity index (χ0n) is 11.2. The van der Waals surface area contributed by atoms with Crippen molar-refractivity contribution in [2.75, 3.05) is 26.3 Å². The number of rotatable bonds is 6. The lowest BCUT2D eigenvalue weighted by molar-refractivity contribution is -0.118. The van der Waals surface area contributed by atoms with E-state index < -0.39 is 0 Å². The standard InChI is InChI=1S/C13H25NO3/c1-10(2)14-7-12(6-13(16)8-14)9-17-5-4-11(3)15/h10,12-13,16H,4-9H2,1-3H3. The molecule has 0 radical (unpaired) electrons. The summed E-state index contributed by atoms with van der Waals surface area (Å²) >= 11 is 0. The largest absolute Gasteiger partial charge is 0.392 e. The van der Waals surface area contributed by atoms with Crippen molar-refractivity contribution in [3.63, 3.8) is 0 Å². The third kappa shape index (κ3) is 5.61. The minimum Gasteiger partial charge on any atom is -0.392 e. The molecule has 0 bridgehead atoms. The zero-order chi connectivity index (χ0) is 12.8. The molecule has 0 amide bonds. The third-order valence-corrected chi connectivity index (χ3v) is 3.23. The molecule has 4 nitrogen and oxygen atoms in total. The van der Waals surface area contributed by atoms with Gasteiger partial charge in [-0.1, -0.05) is 0 Å². The van der Waals surface area contributed by atoms with Crippen LogP contribution >= 0.6 is 0 Å². The summed E-state index contributed by atoms with van der Waals surface area (Å²) in [6.07, 6.45) is 1.06. The van der Waals surface area contributed by atoms with Crippen molar-refractivity contribution in [1.82, 2.24) is 4.90 Å². The van der Waals surface area contributed by atoms with Gasteiger partial charge in [0.1, 0.15) is 5.78 Å². The van der Waals surface area contributed by atoms with Crippen molar-refractivity contribution in [1.29, 1.82) is 0 Å². The van der Waals surface area contributed by atoms with E-state index in [-0.39, 0.29) is 11.9 Å². The first-order valence-electron chi connectivity index (χ1n) is 6.48. The van der Waals surface area contributed by atoms with Crippen molar-refractivity contribution >= 4 is 5.78 Å². The molecule has 1 fully saturated rings. The Balaban J connectivity index is 2.25. The minimum atomic E-state index is -0.243. The number of aliphatic hydroxyl groups is 1. The lowest BCUT2D eigenvalue weighted by Crippen LogP contribution is -2.47. The number of ether oxygens (including phenoxy) is 1. The van der Waals surface area contributed by atoms with E-state index in [0.717, 1.165) is 19.5 Å². The molecule has 1 aliphatic heterocycles. The fraction of sp³-hybridized carbons (Fsp3) is 0.923. The van der Waals surface area contributed by atoms with Crippen LogP contribution in [0.25, 0.3) is 0 Å². The zero-order valence-corrected chi connectivity index (χ0v) is 11.2. The van der Waals surface area contributed by atoms with E-state index in [2.05, 4.69) is 18.7 Å². The molecule has 1 N–H and O–H groups in total. The van der Waals surface area contributed by atoms with Gasteiger partial charge < -0.3 is 9.84 Å². The number of Topliss-reactive ketones (excluding diaryl/α,β-unsaturated/α-hetero) is 1. The first-order chi connectivity index (χ1) is 7.99. The Hall–Kier alpha value is -0.450. The van der Waals surface area contributed by atoms with Gasteiger partial charge in [-0.3, -0.25) is 9.69 Å². The normalized spacial score (nSPS) is 26.4. The highest BCUT2D eigenvalue weighted by molar-refractivity contribution is 5.75. The number of piperidine rings is 1. The maximum Gasteiger partial charge on any atom is 0.132 e. The Morgan fingerprint density at radius 3 is 2.76 bits per heavy atom. The Labute approximate surface area is 104 Å². The van der Waals surface area contributed by atoms with Gasteiger partial charge in [-0.25, -0.2) is 0 Å². The first-order valence-corrected chi connectivity index (χ1v) is 6.48. The molecule has 0 aromatic rings. The fourth-order valence-corrected chi connectivity index (χ4v) is 2.22. The van der Waals surface area contributed by atoms with Crippen molar-refractivity contribution in [3.05, 3.63) is 0 Å². The smallest absolute Gasteiger partial charge is 0.132 e. The van der Waals surface area contributed by atoms with E-state index in [1.54, 1.807) is 6.92 Å². The average molecular weight is 243 g/mol. The highest BCUT2D eigenvalue weighted by atomic mass is 16.5. The summed E-state index contributed by atoms with van der Waals surface area (Å²) in [4.78, 5) is 13.0. The van der Waals surface area contributed by atoms with Gasteiger partial charge in [0.25, 0.3) is 0 Å². The number of β-amino-alcohol motifs (C(OH)–C–C–N with tert-alkyl or cyclic N) is 1. The number of ketones is 1. The second kappa shape index (κ2) is 7.09. The van der Waals surface area contributed by atoms with Crippen LogP contribution in [0.3, 0.4) is 0 Å². The minimum absolute atomic E-state index is 0.164. The van der Waals surface area contributed by atoms with Gasteiger partial charge in [0, 0.05) is 25.6 Å². The molecule has 1 rings (SSSR count). The molecular weight excluding hydrogens is 218 g/mol. The van der Waals surface area contributed by atoms with E-state index in [0.29, 0.717) is 31.6 Å². The van der Waals surface area contributed by atoms with Crippen LogP contribution in [0.4, 0.5) is 0 Å². The van der Waals surface area contributed by atoms with Gasteiger partial charge in [0.05, 0.1) is 19.3 Å². The van der Waals surface area contributed by atoms with Gasteiger partial charge >= 0.3 is 0 Å². The molecule has 0 aliphatic carbocycles. The van der Waals surface area contributed by atoms with Crippen molar-refractivity contribution < 1.29 is 14.6 Å². The van der Waals surface area contributed by atoms with Crippen LogP contribution in [-0.4, -0.2) is 54.2 Å². The van der Waals surface area contributed by atoms with Crippen LogP contribution in [-0.2, 0) is 9.53 Å². The van der Waals surface area contributed by atoms with E-state index in [4.69, 9.17) is 4.74 Å². The Kier molecular flexibility index (Phi) is 6.09. The number of hydrogen-bond donors (Lipinski definition) is 1. The third-order valence-electron chi connectivity index (χ3n) is 3.23. The van der Waals surface area contributed by atoms with Gasteiger partial charge in [-0.05, 0) is 33.1 Å². The van der Waals surface area contributed by atoms with Gasteiger partial charge in [0.15, 0.2) is 0 Å². The van der Waals surface area contributed by atoms with E-state index in [1.807, 2.05) is 0 Å². The highest BCUT2D eigenvalue weighted by Gasteiger charge is 2.27. The molecule has 1 saturated heterocycles. The lowest BCUT2D eigenvalue weighted by atomic mass is 9.96. The quantitative estimate of drug-likeness (QED) is 0.709. The molecule has 17 heavy (non-hydrogen) atoms. The Morgan fingerprint density at radius 1 is 1.47 bits per heavy atom. The number of aliphatic hydroxyl groups excluding tert-OH is 1. The summed E-state index contributed by atoms with van der Waals surface area (Å²) in [6, 6.07) is 0.463. The molecule has 4 heteroatoms.